The Hall–Kier alpha value is -2.78. The molecule has 1 saturated heterocycles. The van der Waals surface area contributed by atoms with Crippen molar-refractivity contribution in [3.05, 3.63) is 40.4 Å². The molecule has 1 aliphatic rings. The van der Waals surface area contributed by atoms with Gasteiger partial charge < -0.3 is 14.8 Å². The smallest absolute Gasteiger partial charge is 0.262 e. The maximum atomic E-state index is 13.1. The van der Waals surface area contributed by atoms with Crippen LogP contribution >= 0.6 is 0 Å². The van der Waals surface area contributed by atoms with Gasteiger partial charge in [-0.25, -0.2) is 0 Å². The highest BCUT2D eigenvalue weighted by Crippen LogP contribution is 2.16. The van der Waals surface area contributed by atoms with Crippen LogP contribution in [0.3, 0.4) is 0 Å². The van der Waals surface area contributed by atoms with Crippen LogP contribution in [-0.4, -0.2) is 57.0 Å². The van der Waals surface area contributed by atoms with Crippen LogP contribution in [0.4, 0.5) is 0 Å². The lowest BCUT2D eigenvalue weighted by atomic mass is 10.2. The second-order valence-electron chi connectivity index (χ2n) is 8.44. The van der Waals surface area contributed by atoms with Gasteiger partial charge in [0.2, 0.25) is 11.7 Å². The Morgan fingerprint density at radius 2 is 2.16 bits per heavy atom. The molecule has 3 aromatic rings. The zero-order valence-corrected chi connectivity index (χ0v) is 18.7. The molecule has 0 radical (unpaired) electrons. The normalized spacial score (nSPS) is 16.4. The van der Waals surface area contributed by atoms with E-state index in [9.17, 15) is 9.59 Å². The van der Waals surface area contributed by atoms with E-state index < -0.39 is 0 Å². The number of hydrogen-bond donors (Lipinski definition) is 1. The highest BCUT2D eigenvalue weighted by Gasteiger charge is 2.19. The van der Waals surface area contributed by atoms with Crippen molar-refractivity contribution in [3.8, 4) is 0 Å². The summed E-state index contributed by atoms with van der Waals surface area (Å²) in [5, 5.41) is 12.2. The van der Waals surface area contributed by atoms with Gasteiger partial charge in [0.25, 0.3) is 5.56 Å². The van der Waals surface area contributed by atoms with Crippen molar-refractivity contribution >= 4 is 22.6 Å². The monoisotopic (exact) mass is 441 g/mol. The summed E-state index contributed by atoms with van der Waals surface area (Å²) < 4.78 is 14.7. The van der Waals surface area contributed by atoms with Crippen molar-refractivity contribution in [2.24, 2.45) is 0 Å². The molecule has 1 N–H and O–H groups in total. The first-order chi connectivity index (χ1) is 15.5. The van der Waals surface area contributed by atoms with Crippen molar-refractivity contribution in [3.63, 3.8) is 0 Å². The van der Waals surface area contributed by atoms with E-state index in [4.69, 9.17) is 9.47 Å². The molecule has 9 nitrogen and oxygen atoms in total. The van der Waals surface area contributed by atoms with Gasteiger partial charge in [0.1, 0.15) is 5.82 Å². The van der Waals surface area contributed by atoms with E-state index in [1.807, 2.05) is 42.5 Å². The third kappa shape index (κ3) is 4.99. The topological polar surface area (TPSA) is 99.8 Å². The number of carbonyl (C=O) groups is 1. The lowest BCUT2D eigenvalue weighted by Gasteiger charge is -2.13. The predicted octanol–water partition coefficient (Wildman–Crippen LogP) is 2.09. The maximum Gasteiger partial charge on any atom is 0.262 e. The maximum absolute atomic E-state index is 13.1. The van der Waals surface area contributed by atoms with Gasteiger partial charge in [-0.2, -0.15) is 0 Å². The summed E-state index contributed by atoms with van der Waals surface area (Å²) in [5.41, 5.74) is 0.660. The van der Waals surface area contributed by atoms with E-state index in [-0.39, 0.29) is 23.7 Å². The van der Waals surface area contributed by atoms with Crippen molar-refractivity contribution in [2.75, 3.05) is 19.8 Å². The van der Waals surface area contributed by atoms with E-state index in [0.29, 0.717) is 55.9 Å². The van der Waals surface area contributed by atoms with Crippen LogP contribution in [0.25, 0.3) is 16.7 Å². The standard InChI is InChI=1S/C23H31N5O4/c1-16(2)31-14-6-12-27-22(30)18-8-3-4-9-19(18)28-20(25-26-23(27)28)10-11-21(29)24-15-17-7-5-13-32-17/h3-4,8-9,16-17H,5-7,10-15H2,1-2H3,(H,24,29). The average Bonchev–Trinajstić information content (AvgIpc) is 3.45. The number of ether oxygens (including phenoxy) is 2. The molecule has 0 bridgehead atoms. The number of nitrogens with zero attached hydrogens (tertiary/aromatic N) is 4. The van der Waals surface area contributed by atoms with Gasteiger partial charge in [0, 0.05) is 39.1 Å². The first-order valence-corrected chi connectivity index (χ1v) is 11.4. The number of hydrogen-bond acceptors (Lipinski definition) is 6. The molecule has 3 heterocycles. The largest absolute Gasteiger partial charge is 0.379 e. The summed E-state index contributed by atoms with van der Waals surface area (Å²) in [6, 6.07) is 7.45. The summed E-state index contributed by atoms with van der Waals surface area (Å²) in [6.07, 6.45) is 3.71. The summed E-state index contributed by atoms with van der Waals surface area (Å²) in [5.74, 6) is 1.12. The number of amides is 1. The van der Waals surface area contributed by atoms with Gasteiger partial charge in [-0.1, -0.05) is 12.1 Å². The van der Waals surface area contributed by atoms with Crippen LogP contribution in [0.5, 0.6) is 0 Å². The van der Waals surface area contributed by atoms with Crippen LogP contribution in [-0.2, 0) is 27.2 Å². The molecule has 172 valence electrons. The van der Waals surface area contributed by atoms with Gasteiger partial charge in [0.15, 0.2) is 0 Å². The second kappa shape index (κ2) is 10.2. The Kier molecular flexibility index (Phi) is 7.16. The zero-order chi connectivity index (χ0) is 22.5. The Labute approximate surface area is 186 Å². The van der Waals surface area contributed by atoms with Gasteiger partial charge in [-0.05, 0) is 45.2 Å². The number of rotatable bonds is 10. The molecule has 4 rings (SSSR count). The van der Waals surface area contributed by atoms with E-state index in [0.717, 1.165) is 25.0 Å². The van der Waals surface area contributed by atoms with E-state index >= 15 is 0 Å². The summed E-state index contributed by atoms with van der Waals surface area (Å²) in [6.45, 7) is 6.34. The number of carbonyl (C=O) groups excluding carboxylic acids is 1. The highest BCUT2D eigenvalue weighted by atomic mass is 16.5. The fourth-order valence-corrected chi connectivity index (χ4v) is 4.07. The molecule has 1 fully saturated rings. The molecular weight excluding hydrogens is 410 g/mol. The van der Waals surface area contributed by atoms with Crippen LogP contribution < -0.4 is 10.9 Å². The first-order valence-electron chi connectivity index (χ1n) is 11.4. The Bertz CT molecular complexity index is 1130. The summed E-state index contributed by atoms with van der Waals surface area (Å²) in [7, 11) is 0. The lowest BCUT2D eigenvalue weighted by molar-refractivity contribution is -0.121. The number of nitrogens with one attached hydrogen (secondary N) is 1. The van der Waals surface area contributed by atoms with Crippen molar-refractivity contribution in [1.29, 1.82) is 0 Å². The number of para-hydroxylation sites is 1. The number of aryl methyl sites for hydroxylation is 2. The lowest BCUT2D eigenvalue weighted by Crippen LogP contribution is -2.32. The van der Waals surface area contributed by atoms with Crippen molar-refractivity contribution < 1.29 is 14.3 Å². The van der Waals surface area contributed by atoms with Gasteiger partial charge in [-0.15, -0.1) is 10.2 Å². The van der Waals surface area contributed by atoms with Crippen LogP contribution in [0, 0.1) is 0 Å². The Morgan fingerprint density at radius 1 is 1.31 bits per heavy atom. The third-order valence-electron chi connectivity index (χ3n) is 5.68. The van der Waals surface area contributed by atoms with Gasteiger partial charge in [0.05, 0.1) is 23.1 Å². The van der Waals surface area contributed by atoms with Gasteiger partial charge in [-0.3, -0.25) is 18.6 Å². The van der Waals surface area contributed by atoms with E-state index in [2.05, 4.69) is 15.5 Å². The van der Waals surface area contributed by atoms with Crippen LogP contribution in [0.1, 0.15) is 45.4 Å². The van der Waals surface area contributed by atoms with Crippen molar-refractivity contribution in [1.82, 2.24) is 24.5 Å². The predicted molar refractivity (Wildman–Crippen MR) is 121 cm³/mol. The molecule has 0 aliphatic carbocycles. The molecule has 9 heteroatoms. The molecule has 1 unspecified atom stereocenters. The van der Waals surface area contributed by atoms with Crippen LogP contribution in [0.2, 0.25) is 0 Å². The third-order valence-corrected chi connectivity index (χ3v) is 5.68. The summed E-state index contributed by atoms with van der Waals surface area (Å²) >= 11 is 0. The molecule has 0 spiro atoms. The molecule has 1 aliphatic heterocycles. The Balaban J connectivity index is 1.54. The van der Waals surface area contributed by atoms with E-state index in [1.54, 1.807) is 4.57 Å². The minimum atomic E-state index is -0.0918. The Morgan fingerprint density at radius 3 is 2.94 bits per heavy atom. The molecule has 1 atom stereocenters. The second-order valence-corrected chi connectivity index (χ2v) is 8.44. The molecule has 2 aromatic heterocycles. The average molecular weight is 442 g/mol. The fourth-order valence-electron chi connectivity index (χ4n) is 4.07. The molecular formula is C23H31N5O4. The quantitative estimate of drug-likeness (QED) is 0.484. The fraction of sp³-hybridized carbons (Fsp3) is 0.565. The summed E-state index contributed by atoms with van der Waals surface area (Å²) in [4.78, 5) is 25.5. The number of benzene rings is 1. The zero-order valence-electron chi connectivity index (χ0n) is 18.7. The molecule has 32 heavy (non-hydrogen) atoms. The van der Waals surface area contributed by atoms with Gasteiger partial charge >= 0.3 is 0 Å². The van der Waals surface area contributed by atoms with Crippen LogP contribution in [0.15, 0.2) is 29.1 Å². The SMILES string of the molecule is CC(C)OCCCn1c(=O)c2ccccc2n2c(CCC(=O)NCC3CCCO3)nnc12. The molecule has 1 aromatic carbocycles. The van der Waals surface area contributed by atoms with E-state index in [1.165, 1.54) is 0 Å². The van der Waals surface area contributed by atoms with Crippen molar-refractivity contribution in [2.45, 2.75) is 64.7 Å². The molecule has 0 saturated carbocycles. The number of aromatic nitrogens is 4. The minimum Gasteiger partial charge on any atom is -0.379 e. The first kappa shape index (κ1) is 22.4. The highest BCUT2D eigenvalue weighted by molar-refractivity contribution is 5.80. The minimum absolute atomic E-state index is 0.0410. The number of fused-ring (bicyclic) bond motifs is 3. The molecule has 1 amide bonds.